The van der Waals surface area contributed by atoms with Crippen LogP contribution in [0, 0.1) is 0 Å². The van der Waals surface area contributed by atoms with E-state index in [0.29, 0.717) is 23.5 Å². The smallest absolute Gasteiger partial charge is 0.243 e. The lowest BCUT2D eigenvalue weighted by molar-refractivity contribution is 0.443. The minimum absolute atomic E-state index is 0. The largest absolute Gasteiger partial charge is 0.326 e. The Morgan fingerprint density at radius 1 is 1.22 bits per heavy atom. The summed E-state index contributed by atoms with van der Waals surface area (Å²) in [4.78, 5) is 0.356. The molecule has 0 amide bonds. The predicted molar refractivity (Wildman–Crippen MR) is 77.7 cm³/mol. The molecule has 0 bridgehead atoms. The molecular weight excluding hydrogens is 292 g/mol. The fraction of sp³-hybridized carbons (Fsp3) is 0.455. The molecular formula is C11H17ClN2O2S2. The van der Waals surface area contributed by atoms with Gasteiger partial charge in [0.15, 0.2) is 0 Å². The molecule has 1 aliphatic rings. The molecule has 1 aromatic rings. The van der Waals surface area contributed by atoms with Crippen molar-refractivity contribution >= 4 is 34.2 Å². The summed E-state index contributed by atoms with van der Waals surface area (Å²) in [7, 11) is -3.36. The van der Waals surface area contributed by atoms with Crippen molar-refractivity contribution in [2.75, 3.05) is 24.6 Å². The topological polar surface area (TPSA) is 63.4 Å². The molecule has 4 nitrogen and oxygen atoms in total. The molecule has 0 radical (unpaired) electrons. The van der Waals surface area contributed by atoms with Crippen molar-refractivity contribution in [3.8, 4) is 0 Å². The summed E-state index contributed by atoms with van der Waals surface area (Å²) in [5, 5.41) is 0. The summed E-state index contributed by atoms with van der Waals surface area (Å²) in [6, 6.07) is 6.96. The number of nitrogens with two attached hydrogens (primary N) is 1. The Hall–Kier alpha value is -0.270. The third-order valence-electron chi connectivity index (χ3n) is 2.78. The van der Waals surface area contributed by atoms with Crippen molar-refractivity contribution in [2.24, 2.45) is 5.73 Å². The minimum Gasteiger partial charge on any atom is -0.326 e. The second-order valence-electron chi connectivity index (χ2n) is 3.83. The van der Waals surface area contributed by atoms with Crippen molar-refractivity contribution in [1.82, 2.24) is 4.31 Å². The third-order valence-corrected chi connectivity index (χ3v) is 5.72. The SMILES string of the molecule is Cl.NCc1ccccc1S(=O)(=O)N1CCSCC1. The van der Waals surface area contributed by atoms with Crippen LogP contribution in [0.1, 0.15) is 5.56 Å². The van der Waals surface area contributed by atoms with Crippen LogP contribution in [0.4, 0.5) is 0 Å². The lowest BCUT2D eigenvalue weighted by Gasteiger charge is -2.26. The van der Waals surface area contributed by atoms with Gasteiger partial charge in [-0.1, -0.05) is 18.2 Å². The van der Waals surface area contributed by atoms with E-state index in [4.69, 9.17) is 5.73 Å². The summed E-state index contributed by atoms with van der Waals surface area (Å²) in [5.41, 5.74) is 6.28. The van der Waals surface area contributed by atoms with Crippen LogP contribution in [0.5, 0.6) is 0 Å². The van der Waals surface area contributed by atoms with Crippen molar-refractivity contribution in [3.63, 3.8) is 0 Å². The number of hydrogen-bond acceptors (Lipinski definition) is 4. The van der Waals surface area contributed by atoms with Gasteiger partial charge in [-0.05, 0) is 11.6 Å². The summed E-state index contributed by atoms with van der Waals surface area (Å²) in [6.07, 6.45) is 0. The summed E-state index contributed by atoms with van der Waals surface area (Å²) in [6.45, 7) is 1.43. The van der Waals surface area contributed by atoms with E-state index in [9.17, 15) is 8.42 Å². The standard InChI is InChI=1S/C11H16N2O2S2.ClH/c12-9-10-3-1-2-4-11(10)17(14,15)13-5-7-16-8-6-13;/h1-4H,5-9,12H2;1H. The van der Waals surface area contributed by atoms with Crippen LogP contribution in [0.2, 0.25) is 0 Å². The van der Waals surface area contributed by atoms with Gasteiger partial charge in [0, 0.05) is 31.1 Å². The van der Waals surface area contributed by atoms with Crippen LogP contribution >= 0.6 is 24.2 Å². The highest BCUT2D eigenvalue weighted by Gasteiger charge is 2.27. The first-order valence-corrected chi connectivity index (χ1v) is 8.11. The lowest BCUT2D eigenvalue weighted by atomic mass is 10.2. The van der Waals surface area contributed by atoms with Crippen LogP contribution in [0.3, 0.4) is 0 Å². The van der Waals surface area contributed by atoms with Crippen molar-refractivity contribution in [1.29, 1.82) is 0 Å². The van der Waals surface area contributed by atoms with Crippen LogP contribution in [-0.4, -0.2) is 37.3 Å². The molecule has 0 aromatic heterocycles. The highest BCUT2D eigenvalue weighted by molar-refractivity contribution is 7.99. The number of sulfonamides is 1. The van der Waals surface area contributed by atoms with Crippen molar-refractivity contribution < 1.29 is 8.42 Å². The van der Waals surface area contributed by atoms with Gasteiger partial charge in [0.25, 0.3) is 0 Å². The zero-order valence-electron chi connectivity index (χ0n) is 9.91. The summed E-state index contributed by atoms with van der Waals surface area (Å²) in [5.74, 6) is 1.73. The molecule has 0 unspecified atom stereocenters. The van der Waals surface area contributed by atoms with Gasteiger partial charge >= 0.3 is 0 Å². The normalized spacial score (nSPS) is 17.2. The van der Waals surface area contributed by atoms with E-state index >= 15 is 0 Å². The van der Waals surface area contributed by atoms with Gasteiger partial charge < -0.3 is 5.73 Å². The van der Waals surface area contributed by atoms with Gasteiger partial charge in [-0.15, -0.1) is 12.4 Å². The van der Waals surface area contributed by atoms with E-state index < -0.39 is 10.0 Å². The van der Waals surface area contributed by atoms with Gasteiger partial charge in [0.1, 0.15) is 0 Å². The molecule has 0 aliphatic carbocycles. The van der Waals surface area contributed by atoms with Crippen LogP contribution in [0.15, 0.2) is 29.2 Å². The average Bonchev–Trinajstić information content (AvgIpc) is 2.39. The van der Waals surface area contributed by atoms with Crippen molar-refractivity contribution in [3.05, 3.63) is 29.8 Å². The maximum absolute atomic E-state index is 12.4. The first kappa shape index (κ1) is 15.8. The van der Waals surface area contributed by atoms with Crippen LogP contribution in [0.25, 0.3) is 0 Å². The fourth-order valence-electron chi connectivity index (χ4n) is 1.85. The van der Waals surface area contributed by atoms with Crippen LogP contribution < -0.4 is 5.73 Å². The van der Waals surface area contributed by atoms with E-state index in [1.54, 1.807) is 34.3 Å². The molecule has 1 fully saturated rings. The van der Waals surface area contributed by atoms with Crippen molar-refractivity contribution in [2.45, 2.75) is 11.4 Å². The van der Waals surface area contributed by atoms with Gasteiger partial charge in [-0.3, -0.25) is 0 Å². The molecule has 102 valence electrons. The van der Waals surface area contributed by atoms with Crippen LogP contribution in [-0.2, 0) is 16.6 Å². The summed E-state index contributed by atoms with van der Waals surface area (Å²) < 4.78 is 26.4. The number of halogens is 1. The minimum atomic E-state index is -3.36. The molecule has 2 rings (SSSR count). The Kier molecular flexibility index (Phi) is 5.94. The Labute approximate surface area is 118 Å². The molecule has 0 saturated carbocycles. The zero-order valence-corrected chi connectivity index (χ0v) is 12.4. The fourth-order valence-corrected chi connectivity index (χ4v) is 4.66. The maximum Gasteiger partial charge on any atom is 0.243 e. The molecule has 1 aliphatic heterocycles. The van der Waals surface area contributed by atoms with E-state index in [0.717, 1.165) is 11.5 Å². The molecule has 1 aromatic carbocycles. The Balaban J connectivity index is 0.00000162. The van der Waals surface area contributed by atoms with E-state index in [2.05, 4.69) is 0 Å². The molecule has 1 heterocycles. The Bertz CT molecular complexity index is 488. The second kappa shape index (κ2) is 6.77. The first-order valence-electron chi connectivity index (χ1n) is 5.52. The number of rotatable bonds is 3. The summed E-state index contributed by atoms with van der Waals surface area (Å²) >= 11 is 1.79. The molecule has 0 atom stereocenters. The number of thioether (sulfide) groups is 1. The van der Waals surface area contributed by atoms with E-state index in [1.807, 2.05) is 6.07 Å². The first-order chi connectivity index (χ1) is 8.16. The van der Waals surface area contributed by atoms with Gasteiger partial charge in [-0.2, -0.15) is 16.1 Å². The van der Waals surface area contributed by atoms with E-state index in [-0.39, 0.29) is 19.0 Å². The quantitative estimate of drug-likeness (QED) is 0.914. The number of nitrogens with zero attached hydrogens (tertiary/aromatic N) is 1. The zero-order chi connectivity index (χ0) is 12.3. The third kappa shape index (κ3) is 3.19. The average molecular weight is 309 g/mol. The monoisotopic (exact) mass is 308 g/mol. The highest BCUT2D eigenvalue weighted by atomic mass is 35.5. The molecule has 1 saturated heterocycles. The van der Waals surface area contributed by atoms with Gasteiger partial charge in [0.05, 0.1) is 4.90 Å². The Morgan fingerprint density at radius 2 is 1.83 bits per heavy atom. The van der Waals surface area contributed by atoms with E-state index in [1.165, 1.54) is 0 Å². The molecule has 7 heteroatoms. The highest BCUT2D eigenvalue weighted by Crippen LogP contribution is 2.22. The molecule has 0 spiro atoms. The maximum atomic E-state index is 12.4. The van der Waals surface area contributed by atoms with Gasteiger partial charge in [-0.25, -0.2) is 8.42 Å². The Morgan fingerprint density at radius 3 is 2.44 bits per heavy atom. The second-order valence-corrected chi connectivity index (χ2v) is 6.96. The number of hydrogen-bond donors (Lipinski definition) is 1. The molecule has 2 N–H and O–H groups in total. The lowest BCUT2D eigenvalue weighted by Crippen LogP contribution is -2.38. The number of benzene rings is 1. The molecule has 18 heavy (non-hydrogen) atoms. The van der Waals surface area contributed by atoms with Gasteiger partial charge in [0.2, 0.25) is 10.0 Å². The predicted octanol–water partition coefficient (Wildman–Crippen LogP) is 1.30.